The summed E-state index contributed by atoms with van der Waals surface area (Å²) in [5, 5.41) is 17.5. The minimum Gasteiger partial charge on any atom is -0.444 e. The molecule has 2 aromatic carbocycles. The molecule has 3 amide bonds. The topological polar surface area (TPSA) is 135 Å². The third-order valence-corrected chi connectivity index (χ3v) is 9.50. The van der Waals surface area contributed by atoms with E-state index in [1.165, 1.54) is 12.1 Å². The first kappa shape index (κ1) is 41.2. The summed E-state index contributed by atoms with van der Waals surface area (Å²) >= 11 is 0. The molecule has 1 aliphatic heterocycles. The Morgan fingerprint density at radius 2 is 1.60 bits per heavy atom. The molecule has 1 saturated heterocycles. The Morgan fingerprint density at radius 1 is 0.962 bits per heavy atom. The first-order valence-corrected chi connectivity index (χ1v) is 18.1. The maximum atomic E-state index is 14.3. The largest absolute Gasteiger partial charge is 0.573 e. The Labute approximate surface area is 309 Å². The van der Waals surface area contributed by atoms with Gasteiger partial charge in [0.05, 0.1) is 18.5 Å². The number of alkyl halides is 3. The number of amides is 3. The Kier molecular flexibility index (Phi) is 14.3. The van der Waals surface area contributed by atoms with E-state index in [0.717, 1.165) is 30.5 Å². The highest BCUT2D eigenvalue weighted by molar-refractivity contribution is 5.89. The molecule has 0 saturated carbocycles. The number of carbonyl (C=O) groups excluding carboxylic acids is 3. The lowest BCUT2D eigenvalue weighted by Crippen LogP contribution is -2.55. The quantitative estimate of drug-likeness (QED) is 0.168. The van der Waals surface area contributed by atoms with Crippen molar-refractivity contribution in [2.75, 3.05) is 13.1 Å². The van der Waals surface area contributed by atoms with Crippen molar-refractivity contribution >= 4 is 17.9 Å². The van der Waals surface area contributed by atoms with Crippen molar-refractivity contribution in [2.45, 2.75) is 109 Å². The van der Waals surface area contributed by atoms with Crippen LogP contribution in [0.5, 0.6) is 5.75 Å². The number of imidazole rings is 1. The van der Waals surface area contributed by atoms with E-state index in [9.17, 15) is 32.7 Å². The van der Waals surface area contributed by atoms with Gasteiger partial charge in [-0.2, -0.15) is 0 Å². The number of halogens is 3. The smallest absolute Gasteiger partial charge is 0.444 e. The normalized spacial score (nSPS) is 16.9. The van der Waals surface area contributed by atoms with Crippen LogP contribution in [0.3, 0.4) is 0 Å². The predicted octanol–water partition coefficient (Wildman–Crippen LogP) is 6.22. The number of alkyl carbamates (subject to hydrolysis) is 1. The standard InChI is InChI=1S/C39H52F3N5O6/c1-6-26(2)34(36(50)46-19-16-30(17-20-46)47-21-18-43-25-47)45-35(49)29(22-28-12-14-31(15-13-28)52-39(40,41)42)24-33(48)32(23-27-10-8-7-9-11-27)44-37(51)53-38(3,4)5/h7-15,18,21,25-26,29-30,32-34,48H,6,16-17,19-20,22-24H2,1-5H3,(H,44,51)(H,45,49)/t26-,29+,32-,33-,34-/m0/s1. The minimum atomic E-state index is -4.87. The van der Waals surface area contributed by atoms with Crippen LogP contribution in [0, 0.1) is 11.8 Å². The molecule has 0 unspecified atom stereocenters. The van der Waals surface area contributed by atoms with Crippen molar-refractivity contribution in [3.63, 3.8) is 0 Å². The van der Waals surface area contributed by atoms with Gasteiger partial charge in [-0.15, -0.1) is 13.2 Å². The lowest BCUT2D eigenvalue weighted by molar-refractivity contribution is -0.274. The maximum Gasteiger partial charge on any atom is 0.573 e. The molecule has 53 heavy (non-hydrogen) atoms. The van der Waals surface area contributed by atoms with Gasteiger partial charge in [0.1, 0.15) is 17.4 Å². The van der Waals surface area contributed by atoms with Gasteiger partial charge in [0.25, 0.3) is 0 Å². The van der Waals surface area contributed by atoms with E-state index in [4.69, 9.17) is 4.74 Å². The van der Waals surface area contributed by atoms with Gasteiger partial charge in [0, 0.05) is 37.4 Å². The fourth-order valence-corrected chi connectivity index (χ4v) is 6.48. The van der Waals surface area contributed by atoms with Crippen LogP contribution in [-0.4, -0.2) is 80.7 Å². The SMILES string of the molecule is CC[C@H](C)[C@H](NC(=O)[C@H](Cc1ccc(OC(F)(F)F)cc1)C[C@H](O)[C@H](Cc1ccccc1)NC(=O)OC(C)(C)C)C(=O)N1CCC(n2ccnc2)CC1. The summed E-state index contributed by atoms with van der Waals surface area (Å²) < 4.78 is 50.0. The first-order valence-electron chi connectivity index (χ1n) is 18.1. The summed E-state index contributed by atoms with van der Waals surface area (Å²) in [7, 11) is 0. The number of piperidine rings is 1. The molecular formula is C39H52F3N5O6. The summed E-state index contributed by atoms with van der Waals surface area (Å²) in [6.07, 6.45) is 0.721. The molecule has 3 N–H and O–H groups in total. The summed E-state index contributed by atoms with van der Waals surface area (Å²) in [4.78, 5) is 47.1. The number of aromatic nitrogens is 2. The number of carbonyl (C=O) groups is 3. The number of hydrogen-bond acceptors (Lipinski definition) is 7. The van der Waals surface area contributed by atoms with Crippen molar-refractivity contribution in [1.82, 2.24) is 25.1 Å². The Hall–Kier alpha value is -4.59. The highest BCUT2D eigenvalue weighted by atomic mass is 19.4. The Morgan fingerprint density at radius 3 is 2.17 bits per heavy atom. The lowest BCUT2D eigenvalue weighted by Gasteiger charge is -2.36. The molecule has 290 valence electrons. The van der Waals surface area contributed by atoms with E-state index in [1.54, 1.807) is 38.2 Å². The second-order valence-electron chi connectivity index (χ2n) is 14.8. The molecule has 2 heterocycles. The van der Waals surface area contributed by atoms with Gasteiger partial charge in [-0.3, -0.25) is 9.59 Å². The molecule has 14 heteroatoms. The molecule has 0 bridgehead atoms. The average Bonchev–Trinajstić information content (AvgIpc) is 3.64. The van der Waals surface area contributed by atoms with E-state index in [2.05, 4.69) is 20.4 Å². The Balaban J connectivity index is 1.57. The van der Waals surface area contributed by atoms with Crippen molar-refractivity contribution in [1.29, 1.82) is 0 Å². The number of aliphatic hydroxyl groups is 1. The van der Waals surface area contributed by atoms with Crippen LogP contribution < -0.4 is 15.4 Å². The zero-order valence-electron chi connectivity index (χ0n) is 31.0. The zero-order valence-corrected chi connectivity index (χ0v) is 31.0. The van der Waals surface area contributed by atoms with E-state index >= 15 is 0 Å². The fourth-order valence-electron chi connectivity index (χ4n) is 6.48. The molecule has 5 atom stereocenters. The summed E-state index contributed by atoms with van der Waals surface area (Å²) in [6.45, 7) is 10.0. The Bertz CT molecular complexity index is 1590. The van der Waals surface area contributed by atoms with Crippen LogP contribution >= 0.6 is 0 Å². The first-order chi connectivity index (χ1) is 25.0. The highest BCUT2D eigenvalue weighted by Gasteiger charge is 2.36. The fraction of sp³-hybridized carbons (Fsp3) is 0.538. The van der Waals surface area contributed by atoms with Gasteiger partial charge in [0.2, 0.25) is 11.8 Å². The van der Waals surface area contributed by atoms with Gasteiger partial charge >= 0.3 is 12.5 Å². The van der Waals surface area contributed by atoms with Crippen molar-refractivity contribution in [3.05, 3.63) is 84.4 Å². The summed E-state index contributed by atoms with van der Waals surface area (Å²) in [6, 6.07) is 12.9. The van der Waals surface area contributed by atoms with Crippen LogP contribution in [-0.2, 0) is 27.2 Å². The number of ether oxygens (including phenoxy) is 2. The van der Waals surface area contributed by atoms with Gasteiger partial charge in [-0.1, -0.05) is 62.7 Å². The number of likely N-dealkylation sites (tertiary alicyclic amines) is 1. The third-order valence-electron chi connectivity index (χ3n) is 9.50. The molecule has 1 fully saturated rings. The van der Waals surface area contributed by atoms with Gasteiger partial charge in [-0.05, 0) is 82.1 Å². The number of rotatable bonds is 15. The monoisotopic (exact) mass is 743 g/mol. The number of benzene rings is 2. The van der Waals surface area contributed by atoms with Crippen LogP contribution in [0.1, 0.15) is 77.5 Å². The summed E-state index contributed by atoms with van der Waals surface area (Å²) in [5.41, 5.74) is 0.538. The molecule has 4 rings (SSSR count). The van der Waals surface area contributed by atoms with Crippen LogP contribution in [0.25, 0.3) is 0 Å². The van der Waals surface area contributed by atoms with E-state index in [1.807, 2.05) is 54.9 Å². The van der Waals surface area contributed by atoms with E-state index < -0.39 is 53.8 Å². The highest BCUT2D eigenvalue weighted by Crippen LogP contribution is 2.27. The summed E-state index contributed by atoms with van der Waals surface area (Å²) in [5.74, 6) is -2.27. The predicted molar refractivity (Wildman–Crippen MR) is 193 cm³/mol. The minimum absolute atomic E-state index is 0.0252. The second kappa shape index (κ2) is 18.4. The molecule has 3 aromatic rings. The van der Waals surface area contributed by atoms with Crippen LogP contribution in [0.15, 0.2) is 73.3 Å². The molecule has 0 radical (unpaired) electrons. The molecule has 0 spiro atoms. The number of hydrogen-bond donors (Lipinski definition) is 3. The third kappa shape index (κ3) is 13.1. The van der Waals surface area contributed by atoms with Crippen LogP contribution in [0.4, 0.5) is 18.0 Å². The number of nitrogens with zero attached hydrogens (tertiary/aromatic N) is 3. The van der Waals surface area contributed by atoms with Gasteiger partial charge in [0.15, 0.2) is 0 Å². The zero-order chi connectivity index (χ0) is 38.8. The van der Waals surface area contributed by atoms with Crippen LogP contribution in [0.2, 0.25) is 0 Å². The van der Waals surface area contributed by atoms with Gasteiger partial charge in [-0.25, -0.2) is 9.78 Å². The van der Waals surface area contributed by atoms with E-state index in [0.29, 0.717) is 25.1 Å². The average molecular weight is 744 g/mol. The van der Waals surface area contributed by atoms with E-state index in [-0.39, 0.29) is 37.1 Å². The van der Waals surface area contributed by atoms with Gasteiger partial charge < -0.3 is 34.7 Å². The molecule has 11 nitrogen and oxygen atoms in total. The lowest BCUT2D eigenvalue weighted by atomic mass is 9.87. The molecule has 1 aliphatic rings. The molecule has 1 aromatic heterocycles. The maximum absolute atomic E-state index is 14.3. The molecular weight excluding hydrogens is 691 g/mol. The molecule has 0 aliphatic carbocycles. The number of aliphatic hydroxyl groups excluding tert-OH is 1. The van der Waals surface area contributed by atoms with Crippen molar-refractivity contribution < 1.29 is 42.1 Å². The van der Waals surface area contributed by atoms with Crippen molar-refractivity contribution in [3.8, 4) is 5.75 Å². The number of nitrogens with one attached hydrogen (secondary N) is 2. The van der Waals surface area contributed by atoms with Crippen molar-refractivity contribution in [2.24, 2.45) is 11.8 Å². The second-order valence-corrected chi connectivity index (χ2v) is 14.8.